The number of rotatable bonds is 16. The van der Waals surface area contributed by atoms with E-state index in [-0.39, 0.29) is 42.4 Å². The second-order valence-electron chi connectivity index (χ2n) is 16.0. The molecule has 0 radical (unpaired) electrons. The van der Waals surface area contributed by atoms with Crippen LogP contribution >= 0.6 is 0 Å². The summed E-state index contributed by atoms with van der Waals surface area (Å²) in [5, 5.41) is 41.6. The fraction of sp³-hybridized carbons (Fsp3) is 0.500. The van der Waals surface area contributed by atoms with E-state index < -0.39 is 23.5 Å². The number of phenols is 1. The zero-order valence-corrected chi connectivity index (χ0v) is 38.0. The predicted molar refractivity (Wildman–Crippen MR) is 256 cm³/mol. The van der Waals surface area contributed by atoms with E-state index in [1.165, 1.54) is 12.1 Å². The molecule has 18 nitrogen and oxygen atoms in total. The van der Waals surface area contributed by atoms with Crippen LogP contribution in [0.25, 0.3) is 21.5 Å². The van der Waals surface area contributed by atoms with Gasteiger partial charge < -0.3 is 71.7 Å². The van der Waals surface area contributed by atoms with Crippen molar-refractivity contribution in [3.63, 3.8) is 0 Å². The van der Waals surface area contributed by atoms with E-state index in [0.29, 0.717) is 90.9 Å². The van der Waals surface area contributed by atoms with Crippen LogP contribution in [0.4, 0.5) is 0 Å². The van der Waals surface area contributed by atoms with Gasteiger partial charge >= 0.3 is 0 Å². The summed E-state index contributed by atoms with van der Waals surface area (Å²) in [5.41, 5.74) is 0.503. The summed E-state index contributed by atoms with van der Waals surface area (Å²) in [7, 11) is 0. The maximum absolute atomic E-state index is 14.2. The Hall–Kier alpha value is -5.28. The average Bonchev–Trinajstić information content (AvgIpc) is 3.32. The first-order chi connectivity index (χ1) is 32.4. The molecule has 2 aliphatic rings. The van der Waals surface area contributed by atoms with Crippen LogP contribution in [0.15, 0.2) is 66.7 Å². The molecular formula is C48H68N10O8. The Morgan fingerprint density at radius 1 is 0.470 bits per heavy atom. The minimum atomic E-state index is -0.508. The SMILES string of the molecule is O=C(NCCOCCOCCOCCNC(=O)c1cc2ccccc2c2ccccc12)c1cc(C(=O)N2CCNCCNCCNCC2)c(O)c(C(=O)N2CCNCCNCCNCC2)c1. The van der Waals surface area contributed by atoms with Crippen LogP contribution in [0.5, 0.6) is 5.75 Å². The highest BCUT2D eigenvalue weighted by Crippen LogP contribution is 2.29. The molecule has 0 spiro atoms. The topological polar surface area (TPSA) is 219 Å². The van der Waals surface area contributed by atoms with Crippen LogP contribution in [0.1, 0.15) is 41.4 Å². The number of hydrogen-bond donors (Lipinski definition) is 9. The molecule has 2 aliphatic heterocycles. The Morgan fingerprint density at radius 3 is 1.35 bits per heavy atom. The zero-order chi connectivity index (χ0) is 46.2. The van der Waals surface area contributed by atoms with Gasteiger partial charge in [0.05, 0.1) is 50.8 Å². The third-order valence-corrected chi connectivity index (χ3v) is 11.4. The summed E-state index contributed by atoms with van der Waals surface area (Å²) in [6, 6.07) is 20.6. The van der Waals surface area contributed by atoms with Gasteiger partial charge in [-0.1, -0.05) is 48.5 Å². The van der Waals surface area contributed by atoms with Crippen molar-refractivity contribution in [3.8, 4) is 5.75 Å². The number of amides is 4. The maximum Gasteiger partial charge on any atom is 0.257 e. The fourth-order valence-electron chi connectivity index (χ4n) is 7.83. The van der Waals surface area contributed by atoms with Gasteiger partial charge in [0.1, 0.15) is 5.75 Å². The summed E-state index contributed by atoms with van der Waals surface area (Å²) in [6.45, 7) is 12.1. The Balaban J connectivity index is 0.958. The lowest BCUT2D eigenvalue weighted by molar-refractivity contribution is 0.0157. The molecule has 0 bridgehead atoms. The van der Waals surface area contributed by atoms with E-state index in [9.17, 15) is 24.3 Å². The predicted octanol–water partition coefficient (Wildman–Crippen LogP) is 0.357. The quantitative estimate of drug-likeness (QED) is 0.0548. The lowest BCUT2D eigenvalue weighted by Gasteiger charge is -2.27. The van der Waals surface area contributed by atoms with Gasteiger partial charge in [-0.05, 0) is 39.7 Å². The molecule has 4 aromatic carbocycles. The second kappa shape index (κ2) is 28.0. The Kier molecular flexibility index (Phi) is 21.3. The normalized spacial score (nSPS) is 16.4. The van der Waals surface area contributed by atoms with E-state index in [1.807, 2.05) is 48.5 Å². The Bertz CT molecular complexity index is 2090. The third-order valence-electron chi connectivity index (χ3n) is 11.4. The number of benzene rings is 4. The molecular weight excluding hydrogens is 845 g/mol. The molecule has 0 unspecified atom stereocenters. The number of phenolic OH excluding ortho intramolecular Hbond substituents is 1. The van der Waals surface area contributed by atoms with Crippen molar-refractivity contribution < 1.29 is 38.5 Å². The van der Waals surface area contributed by atoms with E-state index in [2.05, 4.69) is 48.6 Å². The molecule has 2 heterocycles. The van der Waals surface area contributed by atoms with Crippen molar-refractivity contribution in [3.05, 3.63) is 89.0 Å². The highest BCUT2D eigenvalue weighted by atomic mass is 16.5. The average molecular weight is 913 g/mol. The first-order valence-corrected chi connectivity index (χ1v) is 23.3. The first-order valence-electron chi connectivity index (χ1n) is 23.3. The van der Waals surface area contributed by atoms with Gasteiger partial charge in [-0.15, -0.1) is 0 Å². The highest BCUT2D eigenvalue weighted by Gasteiger charge is 2.28. The van der Waals surface area contributed by atoms with Crippen molar-refractivity contribution in [1.29, 1.82) is 0 Å². The number of carbonyl (C=O) groups excluding carboxylic acids is 4. The molecule has 2 saturated heterocycles. The lowest BCUT2D eigenvalue weighted by atomic mass is 9.97. The fourth-order valence-corrected chi connectivity index (χ4v) is 7.83. The molecule has 0 atom stereocenters. The number of ether oxygens (including phenoxy) is 3. The summed E-state index contributed by atoms with van der Waals surface area (Å²) in [5.74, 6) is -2.04. The number of nitrogens with zero attached hydrogens (tertiary/aromatic N) is 2. The van der Waals surface area contributed by atoms with Crippen LogP contribution in [-0.4, -0.2) is 196 Å². The molecule has 0 aromatic heterocycles. The van der Waals surface area contributed by atoms with Gasteiger partial charge in [0.25, 0.3) is 23.6 Å². The summed E-state index contributed by atoms with van der Waals surface area (Å²) >= 11 is 0. The zero-order valence-electron chi connectivity index (χ0n) is 38.0. The minimum absolute atomic E-state index is 0.0814. The van der Waals surface area contributed by atoms with E-state index in [0.717, 1.165) is 73.9 Å². The number of hydrogen-bond acceptors (Lipinski definition) is 14. The Morgan fingerprint density at radius 2 is 0.864 bits per heavy atom. The summed E-state index contributed by atoms with van der Waals surface area (Å²) < 4.78 is 17.0. The number of aromatic hydroxyl groups is 1. The highest BCUT2D eigenvalue weighted by molar-refractivity contribution is 6.17. The van der Waals surface area contributed by atoms with Crippen molar-refractivity contribution in [2.75, 3.05) is 157 Å². The monoisotopic (exact) mass is 913 g/mol. The molecule has 358 valence electrons. The molecule has 4 aromatic rings. The molecule has 0 aliphatic carbocycles. The van der Waals surface area contributed by atoms with Gasteiger partial charge in [0, 0.05) is 129 Å². The van der Waals surface area contributed by atoms with Crippen LogP contribution in [0.2, 0.25) is 0 Å². The van der Waals surface area contributed by atoms with E-state index in [1.54, 1.807) is 9.80 Å². The lowest BCUT2D eigenvalue weighted by Crippen LogP contribution is -2.44. The molecule has 4 amide bonds. The van der Waals surface area contributed by atoms with Gasteiger partial charge in [0.2, 0.25) is 0 Å². The molecule has 6 rings (SSSR count). The van der Waals surface area contributed by atoms with Crippen LogP contribution < -0.4 is 42.5 Å². The minimum Gasteiger partial charge on any atom is -0.506 e. The molecule has 0 saturated carbocycles. The summed E-state index contributed by atoms with van der Waals surface area (Å²) in [6.07, 6.45) is 0. The van der Waals surface area contributed by atoms with Crippen LogP contribution in [0, 0.1) is 0 Å². The second-order valence-corrected chi connectivity index (χ2v) is 16.0. The largest absolute Gasteiger partial charge is 0.506 e. The van der Waals surface area contributed by atoms with Crippen LogP contribution in [-0.2, 0) is 14.2 Å². The van der Waals surface area contributed by atoms with E-state index in [4.69, 9.17) is 14.2 Å². The molecule has 66 heavy (non-hydrogen) atoms. The van der Waals surface area contributed by atoms with Gasteiger partial charge in [-0.25, -0.2) is 0 Å². The van der Waals surface area contributed by atoms with Crippen molar-refractivity contribution in [2.45, 2.75) is 0 Å². The number of nitrogens with one attached hydrogen (secondary N) is 8. The molecule has 9 N–H and O–H groups in total. The summed E-state index contributed by atoms with van der Waals surface area (Å²) in [4.78, 5) is 58.4. The van der Waals surface area contributed by atoms with Crippen LogP contribution in [0.3, 0.4) is 0 Å². The van der Waals surface area contributed by atoms with Crippen molar-refractivity contribution in [1.82, 2.24) is 52.3 Å². The van der Waals surface area contributed by atoms with Crippen molar-refractivity contribution in [2.24, 2.45) is 0 Å². The maximum atomic E-state index is 14.2. The van der Waals surface area contributed by atoms with E-state index >= 15 is 0 Å². The van der Waals surface area contributed by atoms with Gasteiger partial charge in [0.15, 0.2) is 0 Å². The molecule has 2 fully saturated rings. The molecule has 18 heteroatoms. The third kappa shape index (κ3) is 15.4. The number of fused-ring (bicyclic) bond motifs is 3. The van der Waals surface area contributed by atoms with Gasteiger partial charge in [-0.2, -0.15) is 0 Å². The smallest absolute Gasteiger partial charge is 0.257 e. The first kappa shape index (κ1) is 50.1. The standard InChI is InChI=1S/C48H68N10O8/c59-44-42(47(62)57-23-17-51-13-9-49-10-14-52-18-24-57)34-37(35-43(44)48(63)58-25-19-53-15-11-50-12-16-54-20-26-58)45(60)55-21-27-64-29-31-66-32-30-65-28-22-56-46(61)41-33-36-5-1-2-6-38(36)39-7-3-4-8-40(39)41/h1-8,33-35,49-54,59H,9-32H2,(H,55,60)(H,56,61). The van der Waals surface area contributed by atoms with Crippen molar-refractivity contribution >= 4 is 45.2 Å². The van der Waals surface area contributed by atoms with Gasteiger partial charge in [-0.3, -0.25) is 19.2 Å². The number of carbonyl (C=O) groups is 4. The Labute approximate surface area is 387 Å².